The lowest BCUT2D eigenvalue weighted by atomic mass is 9.94. The number of hydrogen-bond donors (Lipinski definition) is 2. The first-order chi connectivity index (χ1) is 20.1. The van der Waals surface area contributed by atoms with Gasteiger partial charge in [0.15, 0.2) is 23.2 Å². The number of carbonyl (C=O) groups is 4. The van der Waals surface area contributed by atoms with E-state index in [-0.39, 0.29) is 12.2 Å². The molecular weight excluding hydrogens is 544 g/mol. The van der Waals surface area contributed by atoms with Gasteiger partial charge in [0.25, 0.3) is 5.91 Å². The van der Waals surface area contributed by atoms with E-state index in [9.17, 15) is 24.3 Å². The summed E-state index contributed by atoms with van der Waals surface area (Å²) in [6.45, 7) is 4.23. The third-order valence-corrected chi connectivity index (χ3v) is 6.13. The van der Waals surface area contributed by atoms with Gasteiger partial charge in [-0.05, 0) is 44.9 Å². The number of aromatic hydroxyl groups is 1. The van der Waals surface area contributed by atoms with Crippen molar-refractivity contribution in [2.24, 2.45) is 5.92 Å². The van der Waals surface area contributed by atoms with Gasteiger partial charge in [-0.25, -0.2) is 14.6 Å². The van der Waals surface area contributed by atoms with Gasteiger partial charge in [0.05, 0.1) is 24.7 Å². The van der Waals surface area contributed by atoms with Crippen molar-refractivity contribution in [1.29, 1.82) is 0 Å². The summed E-state index contributed by atoms with van der Waals surface area (Å²) in [5.74, 6) is -4.61. The van der Waals surface area contributed by atoms with Crippen LogP contribution in [-0.2, 0) is 30.2 Å². The van der Waals surface area contributed by atoms with E-state index in [2.05, 4.69) is 10.3 Å². The highest BCUT2D eigenvalue weighted by Gasteiger charge is 2.33. The summed E-state index contributed by atoms with van der Waals surface area (Å²) < 4.78 is 21.4. The normalized spacial score (nSPS) is 12.9. The van der Waals surface area contributed by atoms with Gasteiger partial charge in [-0.15, -0.1) is 0 Å². The number of methoxy groups -OCH3 is 1. The molecule has 0 radical (unpaired) electrons. The molecule has 0 spiro atoms. The van der Waals surface area contributed by atoms with E-state index in [1.54, 1.807) is 51.1 Å². The Labute approximate surface area is 243 Å². The molecule has 42 heavy (non-hydrogen) atoms. The van der Waals surface area contributed by atoms with Crippen LogP contribution in [0.2, 0.25) is 0 Å². The Bertz CT molecular complexity index is 1360. The number of amides is 1. The Balaban J connectivity index is 1.79. The van der Waals surface area contributed by atoms with E-state index in [1.807, 2.05) is 30.3 Å². The Morgan fingerprint density at radius 1 is 0.881 bits per heavy atom. The van der Waals surface area contributed by atoms with Crippen molar-refractivity contribution in [3.05, 3.63) is 89.7 Å². The minimum absolute atomic E-state index is 0.00526. The standard InChI is InChI=1S/C31H34N2O9/c1-19(2)41-31(38)24(33-28(35)26-27(34)25(39-4)15-16-32-26)18-40-30(37)23(17-21-11-7-5-8-12-21)20(3)42-29(36)22-13-9-6-10-14-22/h5-16,19-20,23-24,34H,17-18H2,1-4H3,(H,33,35). The number of nitrogens with zero attached hydrogens (tertiary/aromatic N) is 1. The third kappa shape index (κ3) is 8.79. The van der Waals surface area contributed by atoms with E-state index in [1.165, 1.54) is 19.4 Å². The molecule has 11 nitrogen and oxygen atoms in total. The minimum atomic E-state index is -1.43. The number of benzene rings is 2. The van der Waals surface area contributed by atoms with Crippen LogP contribution in [0.5, 0.6) is 11.5 Å². The highest BCUT2D eigenvalue weighted by molar-refractivity contribution is 5.98. The van der Waals surface area contributed by atoms with Gasteiger partial charge in [0.2, 0.25) is 0 Å². The topological polar surface area (TPSA) is 150 Å². The van der Waals surface area contributed by atoms with Crippen molar-refractivity contribution in [3.63, 3.8) is 0 Å². The predicted molar refractivity (Wildman–Crippen MR) is 151 cm³/mol. The van der Waals surface area contributed by atoms with Crippen molar-refractivity contribution in [2.45, 2.75) is 45.4 Å². The zero-order valence-electron chi connectivity index (χ0n) is 23.8. The molecule has 0 aliphatic carbocycles. The number of aromatic nitrogens is 1. The summed E-state index contributed by atoms with van der Waals surface area (Å²) in [7, 11) is 1.31. The van der Waals surface area contributed by atoms with Gasteiger partial charge in [-0.3, -0.25) is 9.59 Å². The van der Waals surface area contributed by atoms with Crippen LogP contribution in [0.1, 0.15) is 47.2 Å². The van der Waals surface area contributed by atoms with Crippen molar-refractivity contribution in [2.75, 3.05) is 13.7 Å². The Hall–Kier alpha value is -4.93. The predicted octanol–water partition coefficient (Wildman–Crippen LogP) is 3.49. The zero-order chi connectivity index (χ0) is 30.6. The van der Waals surface area contributed by atoms with Gasteiger partial charge in [-0.1, -0.05) is 48.5 Å². The number of pyridine rings is 1. The van der Waals surface area contributed by atoms with Crippen LogP contribution in [0.15, 0.2) is 72.9 Å². The van der Waals surface area contributed by atoms with Gasteiger partial charge >= 0.3 is 17.9 Å². The second kappa shape index (κ2) is 15.2. The molecule has 0 aliphatic rings. The summed E-state index contributed by atoms with van der Waals surface area (Å²) in [6, 6.07) is 17.4. The minimum Gasteiger partial charge on any atom is -0.503 e. The van der Waals surface area contributed by atoms with Crippen molar-refractivity contribution >= 4 is 23.8 Å². The molecule has 3 atom stereocenters. The van der Waals surface area contributed by atoms with E-state index in [0.29, 0.717) is 5.56 Å². The number of nitrogens with one attached hydrogen (secondary N) is 1. The molecule has 3 rings (SSSR count). The van der Waals surface area contributed by atoms with E-state index >= 15 is 0 Å². The summed E-state index contributed by atoms with van der Waals surface area (Å²) >= 11 is 0. The fourth-order valence-corrected chi connectivity index (χ4v) is 3.95. The van der Waals surface area contributed by atoms with Gasteiger partial charge in [0, 0.05) is 12.3 Å². The van der Waals surface area contributed by atoms with Crippen LogP contribution in [0, 0.1) is 5.92 Å². The molecule has 2 aromatic carbocycles. The van der Waals surface area contributed by atoms with Crippen molar-refractivity contribution in [3.8, 4) is 11.5 Å². The van der Waals surface area contributed by atoms with Crippen LogP contribution in [0.3, 0.4) is 0 Å². The number of esters is 3. The highest BCUT2D eigenvalue weighted by Crippen LogP contribution is 2.27. The molecule has 11 heteroatoms. The summed E-state index contributed by atoms with van der Waals surface area (Å²) in [4.78, 5) is 55.7. The first kappa shape index (κ1) is 31.6. The molecule has 1 amide bonds. The maximum Gasteiger partial charge on any atom is 0.338 e. The quantitative estimate of drug-likeness (QED) is 0.228. The smallest absolute Gasteiger partial charge is 0.338 e. The average Bonchev–Trinajstić information content (AvgIpc) is 2.98. The van der Waals surface area contributed by atoms with Gasteiger partial charge in [0.1, 0.15) is 12.7 Å². The first-order valence-corrected chi connectivity index (χ1v) is 13.3. The maximum atomic E-state index is 13.4. The molecule has 3 aromatic rings. The lowest BCUT2D eigenvalue weighted by Crippen LogP contribution is -2.47. The fraction of sp³-hybridized carbons (Fsp3) is 0.323. The lowest BCUT2D eigenvalue weighted by Gasteiger charge is -2.24. The monoisotopic (exact) mass is 578 g/mol. The highest BCUT2D eigenvalue weighted by atomic mass is 16.6. The Morgan fingerprint density at radius 3 is 2.14 bits per heavy atom. The van der Waals surface area contributed by atoms with Crippen LogP contribution < -0.4 is 10.1 Å². The maximum absolute atomic E-state index is 13.4. The summed E-state index contributed by atoms with van der Waals surface area (Å²) in [6.07, 6.45) is -0.00244. The number of carbonyl (C=O) groups excluding carboxylic acids is 4. The molecule has 0 saturated heterocycles. The molecule has 0 aliphatic heterocycles. The number of rotatable bonds is 13. The fourth-order valence-electron chi connectivity index (χ4n) is 3.95. The van der Waals surface area contributed by atoms with Crippen molar-refractivity contribution in [1.82, 2.24) is 10.3 Å². The number of ether oxygens (including phenoxy) is 4. The molecule has 0 fully saturated rings. The summed E-state index contributed by atoms with van der Waals surface area (Å²) in [5, 5.41) is 12.7. The largest absolute Gasteiger partial charge is 0.503 e. The molecular formula is C31H34N2O9. The molecule has 1 heterocycles. The Kier molecular flexibility index (Phi) is 11.4. The number of hydrogen-bond acceptors (Lipinski definition) is 10. The molecule has 3 unspecified atom stereocenters. The SMILES string of the molecule is COc1ccnc(C(=O)NC(COC(=O)C(Cc2ccccc2)C(C)OC(=O)c2ccccc2)C(=O)OC(C)C)c1O. The Morgan fingerprint density at radius 2 is 1.52 bits per heavy atom. The second-order valence-corrected chi connectivity index (χ2v) is 9.62. The van der Waals surface area contributed by atoms with Gasteiger partial charge < -0.3 is 29.4 Å². The van der Waals surface area contributed by atoms with Crippen LogP contribution in [0.4, 0.5) is 0 Å². The molecule has 2 N–H and O–H groups in total. The molecule has 1 aromatic heterocycles. The van der Waals surface area contributed by atoms with Crippen LogP contribution >= 0.6 is 0 Å². The van der Waals surface area contributed by atoms with Crippen LogP contribution in [-0.4, -0.2) is 65.9 Å². The zero-order valence-corrected chi connectivity index (χ0v) is 23.8. The van der Waals surface area contributed by atoms with Crippen LogP contribution in [0.25, 0.3) is 0 Å². The molecule has 0 saturated carbocycles. The van der Waals surface area contributed by atoms with E-state index in [0.717, 1.165) is 5.56 Å². The van der Waals surface area contributed by atoms with Gasteiger partial charge in [-0.2, -0.15) is 0 Å². The second-order valence-electron chi connectivity index (χ2n) is 9.62. The molecule has 0 bridgehead atoms. The average molecular weight is 579 g/mol. The third-order valence-electron chi connectivity index (χ3n) is 6.13. The summed E-state index contributed by atoms with van der Waals surface area (Å²) in [5.41, 5.74) is 0.724. The first-order valence-electron chi connectivity index (χ1n) is 13.3. The van der Waals surface area contributed by atoms with Crippen molar-refractivity contribution < 1.29 is 43.2 Å². The molecule has 222 valence electrons. The van der Waals surface area contributed by atoms with E-state index < -0.39 is 66.0 Å². The lowest BCUT2D eigenvalue weighted by molar-refractivity contribution is -0.158. The van der Waals surface area contributed by atoms with E-state index in [4.69, 9.17) is 18.9 Å².